The van der Waals surface area contributed by atoms with E-state index in [2.05, 4.69) is 19.9 Å². The highest BCUT2D eigenvalue weighted by atomic mass is 32.2. The maximum atomic E-state index is 13.3. The number of anilines is 3. The molecule has 1 amide bonds. The molecule has 2 atom stereocenters. The number of alkyl halides is 3. The average Bonchev–Trinajstić information content (AvgIpc) is 3.12. The first-order valence-electron chi connectivity index (χ1n) is 12.2. The molecule has 0 spiro atoms. The molecule has 0 aliphatic carbocycles. The van der Waals surface area contributed by atoms with Crippen LogP contribution in [0, 0.1) is 11.3 Å². The van der Waals surface area contributed by atoms with Crippen LogP contribution in [-0.2, 0) is 16.4 Å². The smallest absolute Gasteiger partial charge is 0.352 e. The molecular formula is C25H28F3N7OS. The van der Waals surface area contributed by atoms with Crippen molar-refractivity contribution in [3.63, 3.8) is 0 Å². The fourth-order valence-electron chi connectivity index (χ4n) is 5.40. The minimum absolute atomic E-state index is 0.000255. The molecular weight excluding hydrogens is 503 g/mol. The Bertz CT molecular complexity index is 1290. The molecule has 2 saturated heterocycles. The predicted octanol–water partition coefficient (Wildman–Crippen LogP) is 4.12. The Morgan fingerprint density at radius 2 is 1.89 bits per heavy atom. The Kier molecular flexibility index (Phi) is 6.05. The summed E-state index contributed by atoms with van der Waals surface area (Å²) in [5.41, 5.74) is -1.10. The number of nitriles is 1. The van der Waals surface area contributed by atoms with Gasteiger partial charge in [0.25, 0.3) is 0 Å². The molecule has 3 aliphatic heterocycles. The first kappa shape index (κ1) is 25.6. The summed E-state index contributed by atoms with van der Waals surface area (Å²) in [6.45, 7) is 10.4. The summed E-state index contributed by atoms with van der Waals surface area (Å²) >= 11 is 1.71. The minimum atomic E-state index is -4.66. The number of thioether (sulfide) groups is 1. The number of fused-ring (bicyclic) bond motifs is 1. The first-order valence-corrected chi connectivity index (χ1v) is 13.1. The number of nitrogens with zero attached hydrogens (tertiary/aromatic N) is 7. The maximum absolute atomic E-state index is 13.3. The summed E-state index contributed by atoms with van der Waals surface area (Å²) in [6.07, 6.45) is -1.60. The van der Waals surface area contributed by atoms with Gasteiger partial charge in [-0.3, -0.25) is 4.79 Å². The lowest BCUT2D eigenvalue weighted by Gasteiger charge is -2.46. The van der Waals surface area contributed by atoms with E-state index >= 15 is 0 Å². The van der Waals surface area contributed by atoms with Crippen molar-refractivity contribution < 1.29 is 18.0 Å². The van der Waals surface area contributed by atoms with Gasteiger partial charge in [-0.25, -0.2) is 15.0 Å². The minimum Gasteiger partial charge on any atom is -0.352 e. The number of hydrogen-bond acceptors (Lipinski definition) is 8. The SMILES string of the molecule is CC1CN(c2ncnc3c2C(C)(C)CN3c2cc(C#N)c(C(F)(F)F)cn2)CCN1C(=O)C1(C)CCS1. The number of amides is 1. The van der Waals surface area contributed by atoms with E-state index in [4.69, 9.17) is 0 Å². The highest BCUT2D eigenvalue weighted by Crippen LogP contribution is 2.47. The Labute approximate surface area is 217 Å². The van der Waals surface area contributed by atoms with E-state index in [9.17, 15) is 23.2 Å². The number of carbonyl (C=O) groups is 1. The molecule has 0 bridgehead atoms. The summed E-state index contributed by atoms with van der Waals surface area (Å²) in [5, 5.41) is 9.36. The largest absolute Gasteiger partial charge is 0.419 e. The van der Waals surface area contributed by atoms with E-state index in [0.717, 1.165) is 23.6 Å². The van der Waals surface area contributed by atoms with Crippen LogP contribution in [0.5, 0.6) is 0 Å². The van der Waals surface area contributed by atoms with E-state index < -0.39 is 22.7 Å². The van der Waals surface area contributed by atoms with Crippen LogP contribution in [0.25, 0.3) is 0 Å². The van der Waals surface area contributed by atoms with Gasteiger partial charge in [-0.15, -0.1) is 11.8 Å². The Morgan fingerprint density at radius 3 is 2.49 bits per heavy atom. The second-order valence-corrected chi connectivity index (χ2v) is 12.3. The van der Waals surface area contributed by atoms with Crippen LogP contribution in [0.3, 0.4) is 0 Å². The topological polar surface area (TPSA) is 89.2 Å². The van der Waals surface area contributed by atoms with Gasteiger partial charge >= 0.3 is 6.18 Å². The van der Waals surface area contributed by atoms with Gasteiger partial charge in [0.2, 0.25) is 5.91 Å². The van der Waals surface area contributed by atoms with Gasteiger partial charge in [-0.2, -0.15) is 18.4 Å². The molecule has 2 unspecified atom stereocenters. The van der Waals surface area contributed by atoms with E-state index in [1.165, 1.54) is 12.4 Å². The number of carbonyl (C=O) groups excluding carboxylic acids is 1. The zero-order valence-electron chi connectivity index (χ0n) is 21.1. The number of pyridine rings is 1. The van der Waals surface area contributed by atoms with Crippen molar-refractivity contribution in [2.45, 2.75) is 56.5 Å². The summed E-state index contributed by atoms with van der Waals surface area (Å²) in [4.78, 5) is 32.2. The third kappa shape index (κ3) is 4.27. The number of piperazine rings is 1. The van der Waals surface area contributed by atoms with Crippen LogP contribution < -0.4 is 9.80 Å². The molecule has 2 aromatic heterocycles. The highest BCUT2D eigenvalue weighted by molar-refractivity contribution is 8.02. The lowest BCUT2D eigenvalue weighted by Crippen LogP contribution is -2.60. The van der Waals surface area contributed by atoms with Crippen LogP contribution in [0.2, 0.25) is 0 Å². The van der Waals surface area contributed by atoms with Crippen LogP contribution in [-0.4, -0.2) is 68.5 Å². The molecule has 5 rings (SSSR count). The molecule has 2 fully saturated rings. The lowest BCUT2D eigenvalue weighted by atomic mass is 9.87. The molecule has 0 aromatic carbocycles. The highest BCUT2D eigenvalue weighted by Gasteiger charge is 2.46. The molecule has 0 radical (unpaired) electrons. The van der Waals surface area contributed by atoms with Crippen molar-refractivity contribution in [1.82, 2.24) is 19.9 Å². The van der Waals surface area contributed by atoms with Gasteiger partial charge in [0.1, 0.15) is 23.8 Å². The van der Waals surface area contributed by atoms with Gasteiger partial charge in [0.15, 0.2) is 0 Å². The Morgan fingerprint density at radius 1 is 1.19 bits per heavy atom. The zero-order valence-corrected chi connectivity index (χ0v) is 21.9. The molecule has 12 heteroatoms. The Balaban J connectivity index is 1.45. The van der Waals surface area contributed by atoms with Crippen molar-refractivity contribution in [3.8, 4) is 6.07 Å². The van der Waals surface area contributed by atoms with E-state index in [-0.39, 0.29) is 22.5 Å². The quantitative estimate of drug-likeness (QED) is 0.585. The van der Waals surface area contributed by atoms with Gasteiger partial charge in [-0.1, -0.05) is 13.8 Å². The summed E-state index contributed by atoms with van der Waals surface area (Å²) in [7, 11) is 0. The summed E-state index contributed by atoms with van der Waals surface area (Å²) in [6, 6.07) is 2.82. The second-order valence-electron chi connectivity index (χ2n) is 10.7. The van der Waals surface area contributed by atoms with Crippen molar-refractivity contribution in [3.05, 3.63) is 35.3 Å². The molecule has 196 valence electrons. The number of aromatic nitrogens is 3. The van der Waals surface area contributed by atoms with Crippen molar-refractivity contribution in [2.24, 2.45) is 0 Å². The monoisotopic (exact) mass is 531 g/mol. The fourth-order valence-corrected chi connectivity index (χ4v) is 6.46. The first-order chi connectivity index (χ1) is 17.4. The molecule has 0 saturated carbocycles. The zero-order chi connectivity index (χ0) is 26.8. The number of hydrogen-bond donors (Lipinski definition) is 0. The third-order valence-electron chi connectivity index (χ3n) is 7.53. The predicted molar refractivity (Wildman–Crippen MR) is 135 cm³/mol. The van der Waals surface area contributed by atoms with Crippen molar-refractivity contribution in [2.75, 3.05) is 41.7 Å². The van der Waals surface area contributed by atoms with Crippen LogP contribution in [0.15, 0.2) is 18.6 Å². The van der Waals surface area contributed by atoms with E-state index in [1.807, 2.05) is 32.6 Å². The molecule has 8 nitrogen and oxygen atoms in total. The summed E-state index contributed by atoms with van der Waals surface area (Å²) < 4.78 is 39.6. The fraction of sp³-hybridized carbons (Fsp3) is 0.560. The van der Waals surface area contributed by atoms with Crippen LogP contribution >= 0.6 is 11.8 Å². The molecule has 2 aromatic rings. The van der Waals surface area contributed by atoms with Gasteiger partial charge in [0.05, 0.1) is 21.9 Å². The molecule has 0 N–H and O–H groups in total. The van der Waals surface area contributed by atoms with Gasteiger partial charge in [0, 0.05) is 49.4 Å². The Hall–Kier alpha value is -3.07. The molecule has 37 heavy (non-hydrogen) atoms. The lowest BCUT2D eigenvalue weighted by molar-refractivity contribution is -0.138. The third-order valence-corrected chi connectivity index (χ3v) is 8.95. The van der Waals surface area contributed by atoms with E-state index in [0.29, 0.717) is 38.2 Å². The van der Waals surface area contributed by atoms with Crippen molar-refractivity contribution >= 4 is 35.1 Å². The van der Waals surface area contributed by atoms with Crippen LogP contribution in [0.1, 0.15) is 50.8 Å². The van der Waals surface area contributed by atoms with Gasteiger partial charge in [-0.05, 0) is 32.1 Å². The van der Waals surface area contributed by atoms with Crippen molar-refractivity contribution in [1.29, 1.82) is 5.26 Å². The second kappa shape index (κ2) is 8.75. The molecule has 3 aliphatic rings. The van der Waals surface area contributed by atoms with Gasteiger partial charge < -0.3 is 14.7 Å². The van der Waals surface area contributed by atoms with Crippen LogP contribution in [0.4, 0.5) is 30.6 Å². The number of halogens is 3. The molecule has 5 heterocycles. The summed E-state index contributed by atoms with van der Waals surface area (Å²) in [5.74, 6) is 2.76. The van der Waals surface area contributed by atoms with E-state index in [1.54, 1.807) is 22.7 Å². The average molecular weight is 532 g/mol. The maximum Gasteiger partial charge on any atom is 0.419 e. The standard InChI is InChI=1S/C25H28F3N7OS/c1-15-12-33(6-7-34(15)22(36)24(4)5-8-37-24)20-19-21(32-14-31-20)35(13-23(19,2)3)18-9-16(10-29)17(11-30-18)25(26,27)28/h9,11,14-15H,5-8,12-13H2,1-4H3. The normalized spacial score (nSPS) is 24.9. The number of rotatable bonds is 3.